The van der Waals surface area contributed by atoms with Gasteiger partial charge in [-0.1, -0.05) is 6.58 Å². The van der Waals surface area contributed by atoms with Gasteiger partial charge in [-0.3, -0.25) is 14.4 Å². The Balaban J connectivity index is 1.32. The average Bonchev–Trinajstić information content (AvgIpc) is 3.05. The number of rotatable bonds is 11. The van der Waals surface area contributed by atoms with Crippen LogP contribution in [-0.4, -0.2) is 78.7 Å². The van der Waals surface area contributed by atoms with Crippen LogP contribution in [0.15, 0.2) is 54.9 Å². The Morgan fingerprint density at radius 3 is 2.45 bits per heavy atom. The van der Waals surface area contributed by atoms with E-state index in [1.807, 2.05) is 0 Å². The Kier molecular flexibility index (Phi) is 9.60. The second-order valence-electron chi connectivity index (χ2n) is 10.7. The molecule has 3 amide bonds. The number of amides is 3. The van der Waals surface area contributed by atoms with Crippen molar-refractivity contribution in [2.24, 2.45) is 0 Å². The quantitative estimate of drug-likeness (QED) is 0.200. The van der Waals surface area contributed by atoms with E-state index in [1.165, 1.54) is 32.5 Å². The molecule has 12 nitrogen and oxygen atoms in total. The molecule has 0 spiro atoms. The summed E-state index contributed by atoms with van der Waals surface area (Å²) in [7, 11) is 2.62. The van der Waals surface area contributed by atoms with E-state index < -0.39 is 29.4 Å². The lowest BCUT2D eigenvalue weighted by atomic mass is 9.90. The highest BCUT2D eigenvalue weighted by atomic mass is 19.4. The molecular weight excluding hydrogens is 628 g/mol. The number of nitrogens with one attached hydrogen (secondary N) is 3. The maximum atomic E-state index is 13.8. The van der Waals surface area contributed by atoms with Gasteiger partial charge in [0.25, 0.3) is 11.8 Å². The molecule has 47 heavy (non-hydrogen) atoms. The number of hydrogen-bond acceptors (Lipinski definition) is 9. The molecule has 2 bridgehead atoms. The third-order valence-electron chi connectivity index (χ3n) is 7.68. The first-order valence-corrected chi connectivity index (χ1v) is 14.3. The molecule has 2 saturated heterocycles. The van der Waals surface area contributed by atoms with Crippen LogP contribution in [0.5, 0.6) is 11.6 Å². The van der Waals surface area contributed by atoms with Gasteiger partial charge in [0.05, 0.1) is 62.5 Å². The number of carbonyl (C=O) groups is 3. The Hall–Kier alpha value is -5.25. The van der Waals surface area contributed by atoms with E-state index in [-0.39, 0.29) is 70.9 Å². The van der Waals surface area contributed by atoms with E-state index in [9.17, 15) is 31.9 Å². The molecule has 16 heteroatoms. The zero-order valence-corrected chi connectivity index (χ0v) is 25.2. The van der Waals surface area contributed by atoms with Gasteiger partial charge in [-0.2, -0.15) is 13.2 Å². The monoisotopic (exact) mass is 658 g/mol. The smallest absolute Gasteiger partial charge is 0.419 e. The highest BCUT2D eigenvalue weighted by molar-refractivity contribution is 6.14. The van der Waals surface area contributed by atoms with Crippen LogP contribution in [0.4, 0.5) is 34.8 Å². The fraction of sp³-hybridized carbons (Fsp3) is 0.323. The molecule has 1 aromatic carbocycles. The molecule has 0 saturated carbocycles. The molecule has 4 heterocycles. The van der Waals surface area contributed by atoms with Gasteiger partial charge in [-0.15, -0.1) is 0 Å². The number of halogens is 4. The molecule has 0 aliphatic carbocycles. The minimum absolute atomic E-state index is 0.0336. The van der Waals surface area contributed by atoms with Crippen LogP contribution < -0.4 is 25.4 Å². The molecule has 2 aliphatic heterocycles. The highest BCUT2D eigenvalue weighted by Crippen LogP contribution is 2.34. The van der Waals surface area contributed by atoms with Crippen molar-refractivity contribution in [3.63, 3.8) is 0 Å². The summed E-state index contributed by atoms with van der Waals surface area (Å²) in [5, 5.41) is 7.87. The molecule has 0 radical (unpaired) electrons. The maximum absolute atomic E-state index is 13.8. The van der Waals surface area contributed by atoms with E-state index >= 15 is 0 Å². The Labute approximate surface area is 266 Å². The fourth-order valence-corrected chi connectivity index (χ4v) is 5.30. The number of anilines is 3. The Morgan fingerprint density at radius 2 is 1.79 bits per heavy atom. The van der Waals surface area contributed by atoms with Crippen LogP contribution in [0.25, 0.3) is 0 Å². The lowest BCUT2D eigenvalue weighted by Gasteiger charge is -2.52. The molecule has 3 aromatic rings. The zero-order valence-electron chi connectivity index (χ0n) is 25.2. The number of ether oxygens (including phenoxy) is 3. The highest BCUT2D eigenvalue weighted by Gasteiger charge is 2.45. The fourth-order valence-electron chi connectivity index (χ4n) is 5.30. The number of alkyl halides is 3. The minimum atomic E-state index is -5.00. The summed E-state index contributed by atoms with van der Waals surface area (Å²) in [4.78, 5) is 49.8. The van der Waals surface area contributed by atoms with Crippen molar-refractivity contribution in [1.29, 1.82) is 0 Å². The van der Waals surface area contributed by atoms with Gasteiger partial charge < -0.3 is 35.1 Å². The number of methoxy groups -OCH3 is 2. The molecule has 2 aromatic heterocycles. The maximum Gasteiger partial charge on any atom is 0.419 e. The van der Waals surface area contributed by atoms with Gasteiger partial charge in [0.1, 0.15) is 22.9 Å². The van der Waals surface area contributed by atoms with Gasteiger partial charge in [0, 0.05) is 30.1 Å². The first-order chi connectivity index (χ1) is 22.4. The third kappa shape index (κ3) is 7.11. The third-order valence-corrected chi connectivity index (χ3v) is 7.68. The van der Waals surface area contributed by atoms with E-state index in [0.717, 1.165) is 18.7 Å². The predicted octanol–water partition coefficient (Wildman–Crippen LogP) is 4.51. The number of hydrogen-bond donors (Lipinski definition) is 3. The SMILES string of the molecule is C=C(CCNc1nccc(OC)c1C(=O)Nc1cnc(OC)cc1C(=O)Nc1ccc(F)c(C(F)(F)F)c1)C(=O)N1C2COCC1C2. The van der Waals surface area contributed by atoms with Crippen LogP contribution in [0.2, 0.25) is 0 Å². The van der Waals surface area contributed by atoms with E-state index in [4.69, 9.17) is 14.2 Å². The number of benzene rings is 1. The average molecular weight is 659 g/mol. The van der Waals surface area contributed by atoms with Crippen molar-refractivity contribution in [1.82, 2.24) is 14.9 Å². The van der Waals surface area contributed by atoms with Crippen molar-refractivity contribution < 1.29 is 46.2 Å². The molecule has 2 fully saturated rings. The topological polar surface area (TPSA) is 144 Å². The van der Waals surface area contributed by atoms with Crippen molar-refractivity contribution in [3.05, 3.63) is 77.4 Å². The van der Waals surface area contributed by atoms with Gasteiger partial charge in [0.15, 0.2) is 0 Å². The van der Waals surface area contributed by atoms with Gasteiger partial charge in [-0.05, 0) is 37.1 Å². The van der Waals surface area contributed by atoms with Crippen LogP contribution in [0.3, 0.4) is 0 Å². The Bertz CT molecular complexity index is 1700. The molecule has 5 rings (SSSR count). The molecular formula is C31H30F4N6O6. The zero-order chi connectivity index (χ0) is 33.9. The van der Waals surface area contributed by atoms with Crippen LogP contribution in [0.1, 0.15) is 39.1 Å². The summed E-state index contributed by atoms with van der Waals surface area (Å²) >= 11 is 0. The number of aromatic nitrogens is 2. The lowest BCUT2D eigenvalue weighted by molar-refractivity contribution is -0.163. The standard InChI is InChI=1S/C31H30F4N6O6/c1-16(30(44)41-18-11-19(41)15-47-14-18)6-8-36-27-26(24(45-2)7-9-37-27)29(43)40-23-13-38-25(46-3)12-20(23)28(42)39-17-4-5-22(32)21(10-17)31(33,34)35/h4-5,7,9-10,12-13,18-19H,1,6,8,11,14-15H2,2-3H3,(H,36,37)(H,39,42)(H,40,43). The van der Waals surface area contributed by atoms with Crippen LogP contribution >= 0.6 is 0 Å². The number of morpholine rings is 1. The Morgan fingerprint density at radius 1 is 1.04 bits per heavy atom. The van der Waals surface area contributed by atoms with E-state index in [1.54, 1.807) is 4.90 Å². The van der Waals surface area contributed by atoms with Crippen LogP contribution in [0, 0.1) is 5.82 Å². The van der Waals surface area contributed by atoms with Gasteiger partial charge in [0.2, 0.25) is 11.8 Å². The second kappa shape index (κ2) is 13.6. The van der Waals surface area contributed by atoms with Crippen molar-refractivity contribution in [2.75, 3.05) is 49.9 Å². The van der Waals surface area contributed by atoms with Crippen LogP contribution in [-0.2, 0) is 15.7 Å². The summed E-state index contributed by atoms with van der Waals surface area (Å²) in [6.07, 6.45) is -1.31. The van der Waals surface area contributed by atoms with E-state index in [2.05, 4.69) is 32.5 Å². The molecule has 2 aliphatic rings. The summed E-state index contributed by atoms with van der Waals surface area (Å²) < 4.78 is 69.4. The lowest BCUT2D eigenvalue weighted by Crippen LogP contribution is -2.65. The van der Waals surface area contributed by atoms with Gasteiger partial charge in [-0.25, -0.2) is 14.4 Å². The number of fused-ring (bicyclic) bond motifs is 2. The van der Waals surface area contributed by atoms with Crippen molar-refractivity contribution >= 4 is 34.9 Å². The summed E-state index contributed by atoms with van der Waals surface area (Å²) in [5.41, 5.74) is -1.93. The first-order valence-electron chi connectivity index (χ1n) is 14.3. The second-order valence-corrected chi connectivity index (χ2v) is 10.7. The summed E-state index contributed by atoms with van der Waals surface area (Å²) in [5.74, 6) is -3.18. The molecule has 248 valence electrons. The van der Waals surface area contributed by atoms with Gasteiger partial charge >= 0.3 is 6.18 Å². The summed E-state index contributed by atoms with van der Waals surface area (Å²) in [6, 6.07) is 4.70. The van der Waals surface area contributed by atoms with Crippen molar-refractivity contribution in [3.8, 4) is 11.6 Å². The van der Waals surface area contributed by atoms with E-state index in [0.29, 0.717) is 30.9 Å². The van der Waals surface area contributed by atoms with Crippen molar-refractivity contribution in [2.45, 2.75) is 31.1 Å². The molecule has 2 unspecified atom stereocenters. The first kappa shape index (κ1) is 33.1. The number of carbonyl (C=O) groups excluding carboxylic acids is 3. The minimum Gasteiger partial charge on any atom is -0.496 e. The largest absolute Gasteiger partial charge is 0.496 e. The predicted molar refractivity (Wildman–Crippen MR) is 161 cm³/mol. The summed E-state index contributed by atoms with van der Waals surface area (Å²) in [6.45, 7) is 5.12. The molecule has 3 N–H and O–H groups in total. The number of pyridine rings is 2. The normalized spacial score (nSPS) is 16.9. The number of nitrogens with zero attached hydrogens (tertiary/aromatic N) is 3. The molecule has 2 atom stereocenters.